The Labute approximate surface area is 133 Å². The summed E-state index contributed by atoms with van der Waals surface area (Å²) in [4.78, 5) is 11.2. The molecule has 2 N–H and O–H groups in total. The van der Waals surface area contributed by atoms with Gasteiger partial charge in [-0.2, -0.15) is 0 Å². The number of unbranched alkanes of at least 4 members (excludes halogenated alkanes) is 1. The van der Waals surface area contributed by atoms with Crippen molar-refractivity contribution in [2.24, 2.45) is 0 Å². The lowest BCUT2D eigenvalue weighted by molar-refractivity contribution is -0.139. The Morgan fingerprint density at radius 2 is 1.96 bits per heavy atom. The van der Waals surface area contributed by atoms with Crippen molar-refractivity contribution in [3.8, 4) is 11.3 Å². The van der Waals surface area contributed by atoms with Crippen LogP contribution in [-0.4, -0.2) is 17.1 Å². The standard InChI is InChI=1S/C17H19F2NO3/c1-2-3-7-14(17(21)22)20-10-11-8-9-15(23-11)16-12(18)5-4-6-13(16)19/h4-6,8-9,14,20H,2-3,7,10H2,1H3,(H,21,22)/t14-/m0/s1. The van der Waals surface area contributed by atoms with Gasteiger partial charge < -0.3 is 9.52 Å². The minimum atomic E-state index is -0.926. The highest BCUT2D eigenvalue weighted by Gasteiger charge is 2.18. The number of hydrogen-bond donors (Lipinski definition) is 2. The van der Waals surface area contributed by atoms with Crippen LogP contribution in [0, 0.1) is 11.6 Å². The molecule has 2 aromatic rings. The average Bonchev–Trinajstić information content (AvgIpc) is 2.95. The van der Waals surface area contributed by atoms with Gasteiger partial charge in [-0.3, -0.25) is 10.1 Å². The molecular weight excluding hydrogens is 304 g/mol. The summed E-state index contributed by atoms with van der Waals surface area (Å²) in [5.41, 5.74) is -0.223. The minimum Gasteiger partial charge on any atom is -0.480 e. The molecular formula is C17H19F2NO3. The summed E-state index contributed by atoms with van der Waals surface area (Å²) < 4.78 is 32.9. The van der Waals surface area contributed by atoms with Crippen molar-refractivity contribution in [3.63, 3.8) is 0 Å². The summed E-state index contributed by atoms with van der Waals surface area (Å²) in [7, 11) is 0. The van der Waals surface area contributed by atoms with Gasteiger partial charge >= 0.3 is 5.97 Å². The van der Waals surface area contributed by atoms with Crippen molar-refractivity contribution in [1.82, 2.24) is 5.32 Å². The number of carboxylic acids is 1. The highest BCUT2D eigenvalue weighted by atomic mass is 19.1. The zero-order valence-electron chi connectivity index (χ0n) is 12.8. The molecule has 6 heteroatoms. The van der Waals surface area contributed by atoms with E-state index in [0.717, 1.165) is 25.0 Å². The molecule has 124 valence electrons. The van der Waals surface area contributed by atoms with Gasteiger partial charge in [0.15, 0.2) is 0 Å². The van der Waals surface area contributed by atoms with Crippen molar-refractivity contribution in [2.45, 2.75) is 38.8 Å². The maximum absolute atomic E-state index is 13.7. The van der Waals surface area contributed by atoms with Gasteiger partial charge in [0, 0.05) is 0 Å². The van der Waals surface area contributed by atoms with Crippen LogP contribution in [0.4, 0.5) is 8.78 Å². The first-order valence-corrected chi connectivity index (χ1v) is 7.52. The van der Waals surface area contributed by atoms with Gasteiger partial charge in [-0.15, -0.1) is 0 Å². The van der Waals surface area contributed by atoms with Gasteiger partial charge in [-0.1, -0.05) is 25.8 Å². The fraction of sp³-hybridized carbons (Fsp3) is 0.353. The van der Waals surface area contributed by atoms with Gasteiger partial charge in [0.1, 0.15) is 29.2 Å². The molecule has 0 bridgehead atoms. The highest BCUT2D eigenvalue weighted by Crippen LogP contribution is 2.27. The lowest BCUT2D eigenvalue weighted by Crippen LogP contribution is -2.36. The van der Waals surface area contributed by atoms with E-state index in [1.165, 1.54) is 12.1 Å². The number of carboxylic acid groups (broad SMARTS) is 1. The molecule has 1 aromatic heterocycles. The molecule has 2 rings (SSSR count). The van der Waals surface area contributed by atoms with E-state index in [1.807, 2.05) is 6.92 Å². The number of carbonyl (C=O) groups is 1. The molecule has 0 amide bonds. The Bertz CT molecular complexity index is 649. The maximum Gasteiger partial charge on any atom is 0.320 e. The molecule has 1 aromatic carbocycles. The third kappa shape index (κ3) is 4.39. The molecule has 0 spiro atoms. The highest BCUT2D eigenvalue weighted by molar-refractivity contribution is 5.73. The molecule has 1 heterocycles. The SMILES string of the molecule is CCCC[C@H](NCc1ccc(-c2c(F)cccc2F)o1)C(=O)O. The Morgan fingerprint density at radius 1 is 1.26 bits per heavy atom. The lowest BCUT2D eigenvalue weighted by atomic mass is 10.1. The fourth-order valence-electron chi connectivity index (χ4n) is 2.29. The summed E-state index contributed by atoms with van der Waals surface area (Å²) in [5.74, 6) is -1.83. The van der Waals surface area contributed by atoms with Crippen molar-refractivity contribution in [1.29, 1.82) is 0 Å². The Balaban J connectivity index is 2.06. The Morgan fingerprint density at radius 3 is 2.57 bits per heavy atom. The van der Waals surface area contributed by atoms with Gasteiger partial charge in [0.05, 0.1) is 12.1 Å². The van der Waals surface area contributed by atoms with Gasteiger partial charge in [-0.25, -0.2) is 8.78 Å². The third-order valence-electron chi connectivity index (χ3n) is 3.54. The molecule has 0 saturated heterocycles. The Kier molecular flexibility index (Phi) is 5.87. The van der Waals surface area contributed by atoms with Crippen molar-refractivity contribution >= 4 is 5.97 Å². The van der Waals surface area contributed by atoms with Crippen LogP contribution in [0.15, 0.2) is 34.7 Å². The molecule has 0 radical (unpaired) electrons. The van der Waals surface area contributed by atoms with Crippen LogP contribution in [0.5, 0.6) is 0 Å². The van der Waals surface area contributed by atoms with Crippen LogP contribution in [0.25, 0.3) is 11.3 Å². The second kappa shape index (κ2) is 7.87. The van der Waals surface area contributed by atoms with Crippen molar-refractivity contribution in [3.05, 3.63) is 47.7 Å². The first-order chi connectivity index (χ1) is 11.0. The summed E-state index contributed by atoms with van der Waals surface area (Å²) in [6, 6.07) is 5.97. The second-order valence-electron chi connectivity index (χ2n) is 5.28. The van der Waals surface area contributed by atoms with Crippen LogP contribution in [0.3, 0.4) is 0 Å². The molecule has 4 nitrogen and oxygen atoms in total. The van der Waals surface area contributed by atoms with E-state index in [1.54, 1.807) is 6.07 Å². The van der Waals surface area contributed by atoms with Gasteiger partial charge in [-0.05, 0) is 30.7 Å². The van der Waals surface area contributed by atoms with Crippen LogP contribution in [-0.2, 0) is 11.3 Å². The predicted molar refractivity (Wildman–Crippen MR) is 81.8 cm³/mol. The van der Waals surface area contributed by atoms with Crippen molar-refractivity contribution in [2.75, 3.05) is 0 Å². The number of furan rings is 1. The predicted octanol–water partition coefficient (Wildman–Crippen LogP) is 3.96. The number of hydrogen-bond acceptors (Lipinski definition) is 3. The first kappa shape index (κ1) is 17.1. The quantitative estimate of drug-likeness (QED) is 0.772. The van der Waals surface area contributed by atoms with E-state index in [4.69, 9.17) is 9.52 Å². The number of halogens is 2. The maximum atomic E-state index is 13.7. The molecule has 0 unspecified atom stereocenters. The second-order valence-corrected chi connectivity index (χ2v) is 5.28. The van der Waals surface area contributed by atoms with Gasteiger partial charge in [0.2, 0.25) is 0 Å². The van der Waals surface area contributed by atoms with E-state index in [9.17, 15) is 13.6 Å². The number of aliphatic carboxylic acids is 1. The van der Waals surface area contributed by atoms with Crippen molar-refractivity contribution < 1.29 is 23.1 Å². The first-order valence-electron chi connectivity index (χ1n) is 7.52. The molecule has 0 saturated carbocycles. The van der Waals surface area contributed by atoms with Crippen LogP contribution in [0.2, 0.25) is 0 Å². The molecule has 0 aliphatic heterocycles. The van der Waals surface area contributed by atoms with Crippen LogP contribution in [0.1, 0.15) is 31.9 Å². The summed E-state index contributed by atoms with van der Waals surface area (Å²) in [6.45, 7) is 2.16. The molecule has 1 atom stereocenters. The largest absolute Gasteiger partial charge is 0.480 e. The zero-order chi connectivity index (χ0) is 16.8. The number of benzene rings is 1. The molecule has 0 fully saturated rings. The fourth-order valence-corrected chi connectivity index (χ4v) is 2.29. The number of rotatable bonds is 8. The molecule has 0 aliphatic carbocycles. The van der Waals surface area contributed by atoms with E-state index in [0.29, 0.717) is 12.2 Å². The monoisotopic (exact) mass is 323 g/mol. The van der Waals surface area contributed by atoms with E-state index in [-0.39, 0.29) is 17.9 Å². The van der Waals surface area contributed by atoms with Gasteiger partial charge in [0.25, 0.3) is 0 Å². The topological polar surface area (TPSA) is 62.5 Å². The van der Waals surface area contributed by atoms with E-state index < -0.39 is 23.6 Å². The molecule has 0 aliphatic rings. The third-order valence-corrected chi connectivity index (χ3v) is 3.54. The zero-order valence-corrected chi connectivity index (χ0v) is 12.8. The smallest absolute Gasteiger partial charge is 0.320 e. The minimum absolute atomic E-state index is 0.0813. The lowest BCUT2D eigenvalue weighted by Gasteiger charge is -2.12. The molecule has 23 heavy (non-hydrogen) atoms. The number of nitrogens with one attached hydrogen (secondary N) is 1. The van der Waals surface area contributed by atoms with Crippen LogP contribution >= 0.6 is 0 Å². The normalized spacial score (nSPS) is 12.3. The average molecular weight is 323 g/mol. The summed E-state index contributed by atoms with van der Waals surface area (Å²) in [6.07, 6.45) is 2.22. The summed E-state index contributed by atoms with van der Waals surface area (Å²) in [5, 5.41) is 12.0. The van der Waals surface area contributed by atoms with E-state index in [2.05, 4.69) is 5.32 Å². The Hall–Kier alpha value is -2.21. The summed E-state index contributed by atoms with van der Waals surface area (Å²) >= 11 is 0. The van der Waals surface area contributed by atoms with E-state index >= 15 is 0 Å². The van der Waals surface area contributed by atoms with Crippen LogP contribution < -0.4 is 5.32 Å².